The molecule has 0 aliphatic rings. The Morgan fingerprint density at radius 3 is 2.75 bits per heavy atom. The van der Waals surface area contributed by atoms with E-state index in [0.29, 0.717) is 17.0 Å². The first-order valence-corrected chi connectivity index (χ1v) is 5.46. The van der Waals surface area contributed by atoms with Crippen molar-refractivity contribution in [3.63, 3.8) is 0 Å². The van der Waals surface area contributed by atoms with Crippen molar-refractivity contribution in [3.8, 4) is 12.1 Å². The number of nitrogens with one attached hydrogen (secondary N) is 1. The summed E-state index contributed by atoms with van der Waals surface area (Å²) in [5.41, 5.74) is 1.34. The van der Waals surface area contributed by atoms with Gasteiger partial charge >= 0.3 is 0 Å². The zero-order valence-electron chi connectivity index (χ0n) is 8.83. The minimum atomic E-state index is 0.572. The quantitative estimate of drug-likeness (QED) is 0.794. The van der Waals surface area contributed by atoms with E-state index in [2.05, 4.69) is 17.5 Å². The van der Waals surface area contributed by atoms with Crippen LogP contribution in [0.2, 0.25) is 5.02 Å². The highest BCUT2D eigenvalue weighted by molar-refractivity contribution is 6.30. The summed E-state index contributed by atoms with van der Waals surface area (Å²) >= 11 is 5.84. The fraction of sp³-hybridized carbons (Fsp3) is 0.333. The van der Waals surface area contributed by atoms with Crippen LogP contribution in [0, 0.1) is 22.7 Å². The Morgan fingerprint density at radius 1 is 1.25 bits per heavy atom. The van der Waals surface area contributed by atoms with Crippen LogP contribution < -0.4 is 5.32 Å². The second-order valence-corrected chi connectivity index (χ2v) is 3.78. The van der Waals surface area contributed by atoms with Gasteiger partial charge in [0.25, 0.3) is 0 Å². The molecule has 0 atom stereocenters. The minimum absolute atomic E-state index is 0.572. The lowest BCUT2D eigenvalue weighted by Gasteiger charge is -2.07. The highest BCUT2D eigenvalue weighted by Gasteiger charge is 2.01. The Kier molecular flexibility index (Phi) is 5.19. The second-order valence-electron chi connectivity index (χ2n) is 3.34. The number of rotatable bonds is 5. The smallest absolute Gasteiger partial charge is 0.101 e. The third-order valence-corrected chi connectivity index (χ3v) is 2.37. The van der Waals surface area contributed by atoms with Gasteiger partial charge < -0.3 is 5.32 Å². The van der Waals surface area contributed by atoms with Gasteiger partial charge in [0.05, 0.1) is 17.3 Å². The van der Waals surface area contributed by atoms with E-state index < -0.39 is 0 Å². The molecule has 0 aromatic heterocycles. The molecule has 1 aromatic rings. The summed E-state index contributed by atoms with van der Waals surface area (Å²) in [5, 5.41) is 21.0. The Bertz CT molecular complexity index is 429. The maximum absolute atomic E-state index is 8.87. The van der Waals surface area contributed by atoms with Crippen molar-refractivity contribution < 1.29 is 0 Å². The maximum Gasteiger partial charge on any atom is 0.101 e. The molecule has 0 saturated heterocycles. The summed E-state index contributed by atoms with van der Waals surface area (Å²) in [7, 11) is 0. The van der Waals surface area contributed by atoms with Gasteiger partial charge in [-0.25, -0.2) is 0 Å². The van der Waals surface area contributed by atoms with E-state index in [1.807, 2.05) is 0 Å². The first kappa shape index (κ1) is 12.4. The first-order valence-electron chi connectivity index (χ1n) is 5.08. The normalized spacial score (nSPS) is 9.19. The van der Waals surface area contributed by atoms with Crippen LogP contribution in [0.1, 0.15) is 24.8 Å². The number of hydrogen-bond donors (Lipinski definition) is 1. The number of halogens is 1. The number of nitrogens with zero attached hydrogens (tertiary/aromatic N) is 2. The lowest BCUT2D eigenvalue weighted by Crippen LogP contribution is -2.03. The van der Waals surface area contributed by atoms with Crippen LogP contribution in [0.25, 0.3) is 0 Å². The summed E-state index contributed by atoms with van der Waals surface area (Å²) in [6, 6.07) is 9.33. The number of anilines is 1. The average molecular weight is 234 g/mol. The molecule has 0 heterocycles. The van der Waals surface area contributed by atoms with Gasteiger partial charge in [-0.2, -0.15) is 10.5 Å². The summed E-state index contributed by atoms with van der Waals surface area (Å²) < 4.78 is 0. The number of nitriles is 2. The number of benzene rings is 1. The Balaban J connectivity index is 2.50. The predicted molar refractivity (Wildman–Crippen MR) is 64.1 cm³/mol. The topological polar surface area (TPSA) is 59.6 Å². The zero-order chi connectivity index (χ0) is 11.8. The largest absolute Gasteiger partial charge is 0.384 e. The van der Waals surface area contributed by atoms with E-state index in [9.17, 15) is 0 Å². The predicted octanol–water partition coefficient (Wildman–Crippen LogP) is 3.32. The van der Waals surface area contributed by atoms with E-state index >= 15 is 0 Å². The van der Waals surface area contributed by atoms with Gasteiger partial charge in [-0.15, -0.1) is 0 Å². The molecule has 16 heavy (non-hydrogen) atoms. The molecule has 0 saturated carbocycles. The molecule has 1 aromatic carbocycles. The van der Waals surface area contributed by atoms with Crippen LogP contribution in [0.4, 0.5) is 5.69 Å². The van der Waals surface area contributed by atoms with Gasteiger partial charge in [0.2, 0.25) is 0 Å². The van der Waals surface area contributed by atoms with E-state index in [4.69, 9.17) is 22.1 Å². The number of unbranched alkanes of at least 4 members (excludes halogenated alkanes) is 2. The summed E-state index contributed by atoms with van der Waals surface area (Å²) in [6.07, 6.45) is 2.35. The van der Waals surface area contributed by atoms with E-state index in [0.717, 1.165) is 25.1 Å². The van der Waals surface area contributed by atoms with Crippen molar-refractivity contribution in [2.24, 2.45) is 0 Å². The van der Waals surface area contributed by atoms with E-state index in [1.165, 1.54) is 0 Å². The highest BCUT2D eigenvalue weighted by Crippen LogP contribution is 2.20. The summed E-state index contributed by atoms with van der Waals surface area (Å²) in [5.74, 6) is 0. The summed E-state index contributed by atoms with van der Waals surface area (Å²) in [6.45, 7) is 0.747. The standard InChI is InChI=1S/C12H12ClN3/c13-11-5-4-10(9-15)12(8-11)16-7-3-1-2-6-14/h4-5,8,16H,1-3,7H2. The minimum Gasteiger partial charge on any atom is -0.384 e. The van der Waals surface area contributed by atoms with Crippen LogP contribution in [0.3, 0.4) is 0 Å². The van der Waals surface area contributed by atoms with Crippen molar-refractivity contribution in [2.45, 2.75) is 19.3 Å². The van der Waals surface area contributed by atoms with Gasteiger partial charge in [-0.1, -0.05) is 11.6 Å². The number of hydrogen-bond acceptors (Lipinski definition) is 3. The summed E-state index contributed by atoms with van der Waals surface area (Å²) in [4.78, 5) is 0. The Morgan fingerprint density at radius 2 is 2.06 bits per heavy atom. The van der Waals surface area contributed by atoms with Gasteiger partial charge in [0.1, 0.15) is 6.07 Å². The third-order valence-electron chi connectivity index (χ3n) is 2.13. The van der Waals surface area contributed by atoms with Crippen molar-refractivity contribution in [1.82, 2.24) is 0 Å². The Hall–Kier alpha value is -1.71. The monoisotopic (exact) mass is 233 g/mol. The van der Waals surface area contributed by atoms with Crippen LogP contribution in [-0.2, 0) is 0 Å². The van der Waals surface area contributed by atoms with Crippen molar-refractivity contribution in [1.29, 1.82) is 10.5 Å². The van der Waals surface area contributed by atoms with Gasteiger partial charge in [-0.3, -0.25) is 0 Å². The van der Waals surface area contributed by atoms with Crippen LogP contribution in [0.15, 0.2) is 18.2 Å². The molecule has 0 spiro atoms. The van der Waals surface area contributed by atoms with Crippen LogP contribution in [0.5, 0.6) is 0 Å². The molecule has 0 amide bonds. The van der Waals surface area contributed by atoms with E-state index in [1.54, 1.807) is 18.2 Å². The van der Waals surface area contributed by atoms with Crippen molar-refractivity contribution in [2.75, 3.05) is 11.9 Å². The van der Waals surface area contributed by atoms with Gasteiger partial charge in [-0.05, 0) is 31.0 Å². The molecule has 1 N–H and O–H groups in total. The van der Waals surface area contributed by atoms with Crippen molar-refractivity contribution in [3.05, 3.63) is 28.8 Å². The van der Waals surface area contributed by atoms with Gasteiger partial charge in [0.15, 0.2) is 0 Å². The molecular weight excluding hydrogens is 222 g/mol. The molecule has 0 unspecified atom stereocenters. The molecule has 0 radical (unpaired) electrons. The first-order chi connectivity index (χ1) is 7.77. The van der Waals surface area contributed by atoms with Crippen molar-refractivity contribution >= 4 is 17.3 Å². The molecule has 3 nitrogen and oxygen atoms in total. The highest BCUT2D eigenvalue weighted by atomic mass is 35.5. The molecule has 0 bridgehead atoms. The second kappa shape index (κ2) is 6.71. The molecule has 82 valence electrons. The van der Waals surface area contributed by atoms with Gasteiger partial charge in [0, 0.05) is 18.0 Å². The van der Waals surface area contributed by atoms with Crippen LogP contribution in [-0.4, -0.2) is 6.54 Å². The SMILES string of the molecule is N#CCCCCNc1cc(Cl)ccc1C#N. The molecule has 0 fully saturated rings. The van der Waals surface area contributed by atoms with Crippen LogP contribution >= 0.6 is 11.6 Å². The maximum atomic E-state index is 8.87. The molecule has 1 rings (SSSR count). The lowest BCUT2D eigenvalue weighted by atomic mass is 10.2. The molecule has 0 aliphatic carbocycles. The third kappa shape index (κ3) is 3.81. The lowest BCUT2D eigenvalue weighted by molar-refractivity contribution is 0.784. The zero-order valence-corrected chi connectivity index (χ0v) is 9.59. The molecular formula is C12H12ClN3. The average Bonchev–Trinajstić information content (AvgIpc) is 2.29. The molecule has 0 aliphatic heterocycles. The molecule has 4 heteroatoms. The Labute approximate surface area is 100 Å². The fourth-order valence-corrected chi connectivity index (χ4v) is 1.48. The van der Waals surface area contributed by atoms with E-state index in [-0.39, 0.29) is 0 Å². The fourth-order valence-electron chi connectivity index (χ4n) is 1.31.